The average molecular weight is 156 g/mol. The van der Waals surface area contributed by atoms with E-state index in [2.05, 4.69) is 12.1 Å². The molecule has 0 saturated carbocycles. The van der Waals surface area contributed by atoms with Gasteiger partial charge in [0, 0.05) is 0 Å². The second-order valence-corrected chi connectivity index (χ2v) is 2.71. The third kappa shape index (κ3) is 1.28. The highest BCUT2D eigenvalue weighted by Crippen LogP contribution is 2.14. The summed E-state index contributed by atoms with van der Waals surface area (Å²) in [7, 11) is 0. The first-order valence-corrected chi connectivity index (χ1v) is 3.60. The molecule has 0 aromatic heterocycles. The van der Waals surface area contributed by atoms with Crippen molar-refractivity contribution in [3.63, 3.8) is 0 Å². The summed E-state index contributed by atoms with van der Waals surface area (Å²) in [4.78, 5) is 0. The van der Waals surface area contributed by atoms with Crippen LogP contribution in [0.3, 0.4) is 0 Å². The lowest BCUT2D eigenvalue weighted by Crippen LogP contribution is -1.89. The van der Waals surface area contributed by atoms with Crippen molar-refractivity contribution in [3.8, 4) is 12.1 Å². The van der Waals surface area contributed by atoms with Gasteiger partial charge in [0.05, 0.1) is 23.3 Å². The molecule has 0 aliphatic carbocycles. The first kappa shape index (κ1) is 8.30. The van der Waals surface area contributed by atoms with Crippen molar-refractivity contribution in [1.82, 2.24) is 0 Å². The Hall–Kier alpha value is -1.80. The molecule has 0 fully saturated rings. The molecular formula is C10H8N2. The van der Waals surface area contributed by atoms with Crippen molar-refractivity contribution >= 4 is 0 Å². The molecule has 0 unspecified atom stereocenters. The molecule has 2 heteroatoms. The van der Waals surface area contributed by atoms with Gasteiger partial charge in [0.2, 0.25) is 0 Å². The molecule has 0 atom stereocenters. The van der Waals surface area contributed by atoms with E-state index >= 15 is 0 Å². The van der Waals surface area contributed by atoms with Crippen LogP contribution in [-0.4, -0.2) is 0 Å². The Kier molecular flexibility index (Phi) is 2.12. The quantitative estimate of drug-likeness (QED) is 0.577. The van der Waals surface area contributed by atoms with E-state index in [1.807, 2.05) is 6.92 Å². The Balaban J connectivity index is 3.48. The molecule has 0 spiro atoms. The van der Waals surface area contributed by atoms with E-state index in [0.29, 0.717) is 11.1 Å². The van der Waals surface area contributed by atoms with Crippen LogP contribution in [0.5, 0.6) is 0 Å². The van der Waals surface area contributed by atoms with E-state index in [4.69, 9.17) is 10.5 Å². The van der Waals surface area contributed by atoms with Crippen LogP contribution >= 0.6 is 0 Å². The van der Waals surface area contributed by atoms with E-state index in [-0.39, 0.29) is 0 Å². The third-order valence-electron chi connectivity index (χ3n) is 1.79. The summed E-state index contributed by atoms with van der Waals surface area (Å²) in [5.41, 5.74) is 2.90. The Morgan fingerprint density at radius 2 is 1.42 bits per heavy atom. The van der Waals surface area contributed by atoms with Crippen molar-refractivity contribution in [2.24, 2.45) is 0 Å². The highest BCUT2D eigenvalue weighted by Gasteiger charge is 2.03. The molecule has 12 heavy (non-hydrogen) atoms. The SMILES string of the molecule is Cc1cc(C#N)c(C)c(C#N)c1. The molecule has 0 aliphatic heterocycles. The van der Waals surface area contributed by atoms with Gasteiger partial charge in [-0.3, -0.25) is 0 Å². The fraction of sp³-hybridized carbons (Fsp3) is 0.200. The van der Waals surface area contributed by atoms with Crippen molar-refractivity contribution < 1.29 is 0 Å². The highest BCUT2D eigenvalue weighted by atomic mass is 14.3. The van der Waals surface area contributed by atoms with Crippen molar-refractivity contribution in [1.29, 1.82) is 10.5 Å². The first-order chi connectivity index (χ1) is 5.69. The average Bonchev–Trinajstić information content (AvgIpc) is 2.08. The van der Waals surface area contributed by atoms with E-state index in [1.165, 1.54) is 0 Å². The summed E-state index contributed by atoms with van der Waals surface area (Å²) >= 11 is 0. The minimum Gasteiger partial charge on any atom is -0.192 e. The molecule has 1 aromatic carbocycles. The Labute approximate surface area is 71.7 Å². The maximum atomic E-state index is 8.70. The van der Waals surface area contributed by atoms with Crippen molar-refractivity contribution in [3.05, 3.63) is 34.4 Å². The van der Waals surface area contributed by atoms with Gasteiger partial charge >= 0.3 is 0 Å². The molecule has 0 aliphatic rings. The molecule has 0 radical (unpaired) electrons. The number of nitrogens with zero attached hydrogens (tertiary/aromatic N) is 2. The van der Waals surface area contributed by atoms with Crippen LogP contribution in [0.2, 0.25) is 0 Å². The zero-order valence-electron chi connectivity index (χ0n) is 7.05. The predicted molar refractivity (Wildman–Crippen MR) is 45.3 cm³/mol. The van der Waals surface area contributed by atoms with Gasteiger partial charge in [-0.1, -0.05) is 0 Å². The van der Waals surface area contributed by atoms with Crippen molar-refractivity contribution in [2.45, 2.75) is 13.8 Å². The summed E-state index contributed by atoms with van der Waals surface area (Å²) in [5.74, 6) is 0. The second kappa shape index (κ2) is 3.07. The van der Waals surface area contributed by atoms with Crippen LogP contribution in [0.1, 0.15) is 22.3 Å². The van der Waals surface area contributed by atoms with Gasteiger partial charge in [0.25, 0.3) is 0 Å². The maximum absolute atomic E-state index is 8.70. The largest absolute Gasteiger partial charge is 0.192 e. The molecular weight excluding hydrogens is 148 g/mol. The van der Waals surface area contributed by atoms with E-state index in [9.17, 15) is 0 Å². The van der Waals surface area contributed by atoms with Gasteiger partial charge in [-0.05, 0) is 37.1 Å². The number of nitriles is 2. The number of hydrogen-bond acceptors (Lipinski definition) is 2. The number of rotatable bonds is 0. The molecule has 1 rings (SSSR count). The highest BCUT2D eigenvalue weighted by molar-refractivity contribution is 5.49. The lowest BCUT2D eigenvalue weighted by molar-refractivity contribution is 1.31. The zero-order chi connectivity index (χ0) is 9.14. The molecule has 0 heterocycles. The zero-order valence-corrected chi connectivity index (χ0v) is 7.05. The minimum absolute atomic E-state index is 0.589. The number of aryl methyl sites for hydroxylation is 1. The standard InChI is InChI=1S/C10H8N2/c1-7-3-9(5-11)8(2)10(4-7)6-12/h3-4H,1-2H3. The van der Waals surface area contributed by atoms with Crippen LogP contribution in [0, 0.1) is 36.5 Å². The smallest absolute Gasteiger partial charge is 0.0994 e. The molecule has 1 aromatic rings. The van der Waals surface area contributed by atoms with E-state index < -0.39 is 0 Å². The number of hydrogen-bond donors (Lipinski definition) is 0. The van der Waals surface area contributed by atoms with Gasteiger partial charge in [0.1, 0.15) is 0 Å². The minimum atomic E-state index is 0.589. The monoisotopic (exact) mass is 156 g/mol. The van der Waals surface area contributed by atoms with Gasteiger partial charge in [0.15, 0.2) is 0 Å². The summed E-state index contributed by atoms with van der Waals surface area (Å²) in [5, 5.41) is 17.4. The third-order valence-corrected chi connectivity index (χ3v) is 1.79. The molecule has 58 valence electrons. The number of benzene rings is 1. The lowest BCUT2D eigenvalue weighted by atomic mass is 10.0. The molecule has 0 N–H and O–H groups in total. The van der Waals surface area contributed by atoms with Gasteiger partial charge in [-0.15, -0.1) is 0 Å². The first-order valence-electron chi connectivity index (χ1n) is 3.60. The second-order valence-electron chi connectivity index (χ2n) is 2.71. The molecule has 0 amide bonds. The van der Waals surface area contributed by atoms with Crippen molar-refractivity contribution in [2.75, 3.05) is 0 Å². The van der Waals surface area contributed by atoms with Crippen LogP contribution in [0.25, 0.3) is 0 Å². The van der Waals surface area contributed by atoms with Gasteiger partial charge in [-0.2, -0.15) is 10.5 Å². The van der Waals surface area contributed by atoms with Crippen LogP contribution in [0.15, 0.2) is 12.1 Å². The van der Waals surface area contributed by atoms with Crippen LogP contribution in [-0.2, 0) is 0 Å². The fourth-order valence-corrected chi connectivity index (χ4v) is 1.09. The summed E-state index contributed by atoms with van der Waals surface area (Å²) in [6.07, 6.45) is 0. The van der Waals surface area contributed by atoms with Gasteiger partial charge in [-0.25, -0.2) is 0 Å². The maximum Gasteiger partial charge on any atom is 0.0994 e. The summed E-state index contributed by atoms with van der Waals surface area (Å²) in [6.45, 7) is 3.66. The Morgan fingerprint density at radius 1 is 1.00 bits per heavy atom. The Morgan fingerprint density at radius 3 is 1.75 bits per heavy atom. The van der Waals surface area contributed by atoms with E-state index in [0.717, 1.165) is 11.1 Å². The summed E-state index contributed by atoms with van der Waals surface area (Å²) < 4.78 is 0. The van der Waals surface area contributed by atoms with E-state index in [1.54, 1.807) is 19.1 Å². The Bertz CT molecular complexity index is 356. The lowest BCUT2D eigenvalue weighted by Gasteiger charge is -2.00. The molecule has 0 saturated heterocycles. The fourth-order valence-electron chi connectivity index (χ4n) is 1.09. The topological polar surface area (TPSA) is 47.6 Å². The normalized spacial score (nSPS) is 8.67. The van der Waals surface area contributed by atoms with Gasteiger partial charge < -0.3 is 0 Å². The molecule has 2 nitrogen and oxygen atoms in total. The summed E-state index contributed by atoms with van der Waals surface area (Å²) in [6, 6.07) is 7.70. The van der Waals surface area contributed by atoms with Crippen LogP contribution in [0.4, 0.5) is 0 Å². The molecule has 0 bridgehead atoms. The van der Waals surface area contributed by atoms with Crippen LogP contribution < -0.4 is 0 Å². The predicted octanol–water partition coefficient (Wildman–Crippen LogP) is 2.05.